The van der Waals surface area contributed by atoms with Crippen molar-refractivity contribution in [2.75, 3.05) is 13.2 Å². The highest BCUT2D eigenvalue weighted by Gasteiger charge is 2.08. The van der Waals surface area contributed by atoms with E-state index in [0.717, 1.165) is 11.1 Å². The van der Waals surface area contributed by atoms with E-state index in [1.54, 1.807) is 18.2 Å². The number of hydrogen-bond acceptors (Lipinski definition) is 3. The second kappa shape index (κ2) is 9.79. The van der Waals surface area contributed by atoms with Gasteiger partial charge in [0.05, 0.1) is 0 Å². The molecule has 1 amide bonds. The van der Waals surface area contributed by atoms with Gasteiger partial charge in [-0.1, -0.05) is 35.9 Å². The molecule has 1 N–H and O–H groups in total. The maximum atomic E-state index is 12.8. The van der Waals surface area contributed by atoms with Crippen molar-refractivity contribution in [3.05, 3.63) is 70.5 Å². The van der Waals surface area contributed by atoms with Crippen LogP contribution >= 0.6 is 11.6 Å². The van der Waals surface area contributed by atoms with Gasteiger partial charge in [-0.2, -0.15) is 0 Å². The monoisotopic (exact) mass is 363 g/mol. The highest BCUT2D eigenvalue weighted by Crippen LogP contribution is 2.10. The van der Waals surface area contributed by atoms with E-state index >= 15 is 0 Å². The molecule has 0 bridgehead atoms. The maximum absolute atomic E-state index is 12.8. The SMILES string of the molecule is O=C(COC(=O)CCc1ccc(F)cc1)NCCc1cccc(Cl)c1. The number of benzene rings is 2. The van der Waals surface area contributed by atoms with Crippen molar-refractivity contribution in [1.82, 2.24) is 5.32 Å². The van der Waals surface area contributed by atoms with Crippen LogP contribution in [-0.4, -0.2) is 25.0 Å². The van der Waals surface area contributed by atoms with Crippen LogP contribution in [0, 0.1) is 5.82 Å². The molecule has 0 aliphatic carbocycles. The third-order valence-electron chi connectivity index (χ3n) is 3.52. The molecule has 0 unspecified atom stereocenters. The molecule has 6 heteroatoms. The number of ether oxygens (including phenoxy) is 1. The lowest BCUT2D eigenvalue weighted by Gasteiger charge is -2.07. The van der Waals surface area contributed by atoms with Crippen molar-refractivity contribution in [3.63, 3.8) is 0 Å². The Morgan fingerprint density at radius 2 is 1.80 bits per heavy atom. The highest BCUT2D eigenvalue weighted by molar-refractivity contribution is 6.30. The van der Waals surface area contributed by atoms with Crippen LogP contribution < -0.4 is 5.32 Å². The number of aryl methyl sites for hydroxylation is 1. The minimum Gasteiger partial charge on any atom is -0.456 e. The summed E-state index contributed by atoms with van der Waals surface area (Å²) in [7, 11) is 0. The first kappa shape index (κ1) is 18.9. The average Bonchev–Trinajstić information content (AvgIpc) is 2.59. The standard InChI is InChI=1S/C19H19ClFNO3/c20-16-3-1-2-15(12-16)10-11-22-18(23)13-25-19(24)9-6-14-4-7-17(21)8-5-14/h1-5,7-8,12H,6,9-11,13H2,(H,22,23). The summed E-state index contributed by atoms with van der Waals surface area (Å²) in [5.74, 6) is -1.13. The number of amides is 1. The van der Waals surface area contributed by atoms with Gasteiger partial charge in [0.2, 0.25) is 0 Å². The van der Waals surface area contributed by atoms with Crippen molar-refractivity contribution in [2.24, 2.45) is 0 Å². The van der Waals surface area contributed by atoms with E-state index in [-0.39, 0.29) is 24.8 Å². The molecule has 2 aromatic carbocycles. The van der Waals surface area contributed by atoms with Crippen molar-refractivity contribution >= 4 is 23.5 Å². The first-order chi connectivity index (χ1) is 12.0. The number of carbonyl (C=O) groups excluding carboxylic acids is 2. The van der Waals surface area contributed by atoms with Gasteiger partial charge < -0.3 is 10.1 Å². The second-order valence-corrected chi connectivity index (χ2v) is 5.95. The fourth-order valence-electron chi connectivity index (χ4n) is 2.21. The average molecular weight is 364 g/mol. The number of halogens is 2. The van der Waals surface area contributed by atoms with E-state index in [4.69, 9.17) is 16.3 Å². The Kier molecular flexibility index (Phi) is 7.41. The van der Waals surface area contributed by atoms with Gasteiger partial charge in [0, 0.05) is 18.0 Å². The molecule has 0 saturated carbocycles. The predicted molar refractivity (Wildman–Crippen MR) is 93.8 cm³/mol. The molecule has 2 rings (SSSR count). The first-order valence-electron chi connectivity index (χ1n) is 7.94. The quantitative estimate of drug-likeness (QED) is 0.732. The summed E-state index contributed by atoms with van der Waals surface area (Å²) in [5.41, 5.74) is 1.86. The fourth-order valence-corrected chi connectivity index (χ4v) is 2.42. The Bertz CT molecular complexity index is 719. The van der Waals surface area contributed by atoms with Crippen LogP contribution in [-0.2, 0) is 27.2 Å². The van der Waals surface area contributed by atoms with E-state index in [2.05, 4.69) is 5.32 Å². The van der Waals surface area contributed by atoms with Crippen LogP contribution in [0.3, 0.4) is 0 Å². The fraction of sp³-hybridized carbons (Fsp3) is 0.263. The molecule has 0 saturated heterocycles. The summed E-state index contributed by atoms with van der Waals surface area (Å²) in [6.45, 7) is 0.129. The number of esters is 1. The molecule has 0 atom stereocenters. The third kappa shape index (κ3) is 7.35. The van der Waals surface area contributed by atoms with Crippen LogP contribution in [0.25, 0.3) is 0 Å². The van der Waals surface area contributed by atoms with E-state index in [1.807, 2.05) is 18.2 Å². The smallest absolute Gasteiger partial charge is 0.306 e. The van der Waals surface area contributed by atoms with Crippen LogP contribution in [0.1, 0.15) is 17.5 Å². The second-order valence-electron chi connectivity index (χ2n) is 5.52. The molecule has 0 aliphatic rings. The van der Waals surface area contributed by atoms with Crippen LogP contribution in [0.4, 0.5) is 4.39 Å². The van der Waals surface area contributed by atoms with Crippen LogP contribution in [0.2, 0.25) is 5.02 Å². The summed E-state index contributed by atoms with van der Waals surface area (Å²) < 4.78 is 17.7. The molecule has 0 heterocycles. The lowest BCUT2D eigenvalue weighted by Crippen LogP contribution is -2.30. The predicted octanol–water partition coefficient (Wildman–Crippen LogP) is 3.31. The van der Waals surface area contributed by atoms with Gasteiger partial charge in [-0.3, -0.25) is 9.59 Å². The Morgan fingerprint density at radius 3 is 2.52 bits per heavy atom. The molecule has 0 aliphatic heterocycles. The van der Waals surface area contributed by atoms with E-state index in [0.29, 0.717) is 24.4 Å². The van der Waals surface area contributed by atoms with Crippen molar-refractivity contribution in [3.8, 4) is 0 Å². The highest BCUT2D eigenvalue weighted by atomic mass is 35.5. The van der Waals surface area contributed by atoms with Gasteiger partial charge in [-0.25, -0.2) is 4.39 Å². The van der Waals surface area contributed by atoms with E-state index < -0.39 is 5.97 Å². The van der Waals surface area contributed by atoms with Gasteiger partial charge in [0.15, 0.2) is 6.61 Å². The first-order valence-corrected chi connectivity index (χ1v) is 8.32. The summed E-state index contributed by atoms with van der Waals surface area (Å²) in [5, 5.41) is 3.34. The number of hydrogen-bond donors (Lipinski definition) is 1. The normalized spacial score (nSPS) is 10.3. The van der Waals surface area contributed by atoms with Crippen molar-refractivity contribution in [2.45, 2.75) is 19.3 Å². The lowest BCUT2D eigenvalue weighted by molar-refractivity contribution is -0.148. The summed E-state index contributed by atoms with van der Waals surface area (Å²) >= 11 is 5.89. The van der Waals surface area contributed by atoms with Gasteiger partial charge in [0.25, 0.3) is 5.91 Å². The Hall–Kier alpha value is -2.40. The topological polar surface area (TPSA) is 55.4 Å². The van der Waals surface area contributed by atoms with Crippen LogP contribution in [0.15, 0.2) is 48.5 Å². The molecule has 0 fully saturated rings. The zero-order chi connectivity index (χ0) is 18.1. The van der Waals surface area contributed by atoms with E-state index in [1.165, 1.54) is 12.1 Å². The van der Waals surface area contributed by atoms with Crippen molar-refractivity contribution in [1.29, 1.82) is 0 Å². The molecule has 25 heavy (non-hydrogen) atoms. The molecule has 2 aromatic rings. The molecular weight excluding hydrogens is 345 g/mol. The minimum absolute atomic E-state index is 0.140. The molecule has 0 spiro atoms. The Balaban J connectivity index is 1.60. The largest absolute Gasteiger partial charge is 0.456 e. The summed E-state index contributed by atoms with van der Waals surface area (Å²) in [6, 6.07) is 13.3. The van der Waals surface area contributed by atoms with E-state index in [9.17, 15) is 14.0 Å². The Labute approximate surface area is 150 Å². The molecule has 4 nitrogen and oxygen atoms in total. The zero-order valence-corrected chi connectivity index (χ0v) is 14.4. The third-order valence-corrected chi connectivity index (χ3v) is 3.76. The maximum Gasteiger partial charge on any atom is 0.306 e. The van der Waals surface area contributed by atoms with Crippen LogP contribution in [0.5, 0.6) is 0 Å². The number of nitrogens with one attached hydrogen (secondary N) is 1. The minimum atomic E-state index is -0.464. The number of rotatable bonds is 8. The van der Waals surface area contributed by atoms with Gasteiger partial charge in [-0.15, -0.1) is 0 Å². The zero-order valence-electron chi connectivity index (χ0n) is 13.6. The molecule has 0 aromatic heterocycles. The van der Waals surface area contributed by atoms with Gasteiger partial charge >= 0.3 is 5.97 Å². The summed E-state index contributed by atoms with van der Waals surface area (Å²) in [4.78, 5) is 23.3. The molecular formula is C19H19ClFNO3. The molecule has 0 radical (unpaired) electrons. The van der Waals surface area contributed by atoms with Gasteiger partial charge in [0.1, 0.15) is 5.82 Å². The van der Waals surface area contributed by atoms with Crippen molar-refractivity contribution < 1.29 is 18.7 Å². The summed E-state index contributed by atoms with van der Waals surface area (Å²) in [6.07, 6.45) is 1.22. The Morgan fingerprint density at radius 1 is 1.04 bits per heavy atom. The van der Waals surface area contributed by atoms with Gasteiger partial charge in [-0.05, 0) is 48.2 Å². The molecule has 132 valence electrons. The number of carbonyl (C=O) groups is 2. The lowest BCUT2D eigenvalue weighted by atomic mass is 10.1.